The number of carbonyl (C=O) groups is 1. The van der Waals surface area contributed by atoms with Gasteiger partial charge in [0.1, 0.15) is 5.82 Å². The van der Waals surface area contributed by atoms with Gasteiger partial charge in [-0.05, 0) is 31.1 Å². The molecule has 1 amide bonds. The molecule has 3 N–H and O–H groups in total. The zero-order valence-electron chi connectivity index (χ0n) is 10.3. The number of amides is 1. The van der Waals surface area contributed by atoms with Crippen molar-refractivity contribution in [1.29, 1.82) is 0 Å². The van der Waals surface area contributed by atoms with Crippen LogP contribution in [0.25, 0.3) is 0 Å². The van der Waals surface area contributed by atoms with Crippen LogP contribution in [-0.2, 0) is 4.74 Å². The molecule has 7 heteroatoms. The van der Waals surface area contributed by atoms with Gasteiger partial charge >= 0.3 is 6.09 Å². The van der Waals surface area contributed by atoms with E-state index < -0.39 is 6.09 Å². The van der Waals surface area contributed by atoms with E-state index in [1.54, 1.807) is 6.92 Å². The van der Waals surface area contributed by atoms with Crippen LogP contribution in [0.15, 0.2) is 11.4 Å². The molecule has 1 rings (SSSR count). The van der Waals surface area contributed by atoms with Crippen molar-refractivity contribution in [3.8, 4) is 0 Å². The summed E-state index contributed by atoms with van der Waals surface area (Å²) in [7, 11) is 1.94. The van der Waals surface area contributed by atoms with Crippen molar-refractivity contribution in [1.82, 2.24) is 21.1 Å². The van der Waals surface area contributed by atoms with Crippen molar-refractivity contribution in [2.75, 3.05) is 20.2 Å². The second-order valence-corrected chi connectivity index (χ2v) is 4.01. The Balaban J connectivity index is 2.48. The van der Waals surface area contributed by atoms with E-state index in [9.17, 15) is 4.79 Å². The Kier molecular flexibility index (Phi) is 5.17. The molecule has 0 spiro atoms. The maximum Gasteiger partial charge on any atom is 0.413 e. The standard InChI is InChI=1S/C10H18N4O2S/c1-4-7-6-14(3)13-8(7)11-9(17)12-10(15)16-5-2/h13H,4-6H2,1-3H3,(H2,11,12,15,17). The third kappa shape index (κ3) is 4.20. The molecule has 96 valence electrons. The summed E-state index contributed by atoms with van der Waals surface area (Å²) >= 11 is 5.00. The predicted octanol–water partition coefficient (Wildman–Crippen LogP) is 0.679. The van der Waals surface area contributed by atoms with E-state index in [4.69, 9.17) is 17.0 Å². The molecule has 1 aliphatic rings. The van der Waals surface area contributed by atoms with Crippen LogP contribution in [0.3, 0.4) is 0 Å². The zero-order chi connectivity index (χ0) is 12.8. The topological polar surface area (TPSA) is 65.6 Å². The summed E-state index contributed by atoms with van der Waals surface area (Å²) < 4.78 is 4.73. The van der Waals surface area contributed by atoms with Crippen molar-refractivity contribution in [3.63, 3.8) is 0 Å². The normalized spacial score (nSPS) is 15.5. The number of hydrazine groups is 1. The highest BCUT2D eigenvalue weighted by Gasteiger charge is 2.18. The van der Waals surface area contributed by atoms with Gasteiger partial charge in [0.15, 0.2) is 5.11 Å². The lowest BCUT2D eigenvalue weighted by molar-refractivity contribution is 0.157. The molecule has 6 nitrogen and oxygen atoms in total. The molecule has 0 aromatic heterocycles. The Hall–Kier alpha value is -1.34. The first kappa shape index (κ1) is 13.7. The maximum atomic E-state index is 11.1. The van der Waals surface area contributed by atoms with E-state index in [-0.39, 0.29) is 5.11 Å². The molecule has 0 fully saturated rings. The van der Waals surface area contributed by atoms with Gasteiger partial charge in [0, 0.05) is 13.6 Å². The van der Waals surface area contributed by atoms with E-state index in [2.05, 4.69) is 23.0 Å². The monoisotopic (exact) mass is 258 g/mol. The van der Waals surface area contributed by atoms with Gasteiger partial charge in [0.25, 0.3) is 0 Å². The molecule has 0 bridgehead atoms. The smallest absolute Gasteiger partial charge is 0.413 e. The molecule has 0 aromatic rings. The number of hydrogen-bond donors (Lipinski definition) is 3. The van der Waals surface area contributed by atoms with Gasteiger partial charge in [-0.3, -0.25) is 5.32 Å². The number of nitrogens with one attached hydrogen (secondary N) is 3. The van der Waals surface area contributed by atoms with Crippen molar-refractivity contribution in [2.45, 2.75) is 20.3 Å². The third-order valence-electron chi connectivity index (χ3n) is 2.24. The summed E-state index contributed by atoms with van der Waals surface area (Å²) in [6.07, 6.45) is 0.372. The minimum atomic E-state index is -0.546. The van der Waals surface area contributed by atoms with Crippen molar-refractivity contribution >= 4 is 23.4 Å². The van der Waals surface area contributed by atoms with Crippen molar-refractivity contribution in [2.24, 2.45) is 0 Å². The highest BCUT2D eigenvalue weighted by molar-refractivity contribution is 7.80. The van der Waals surface area contributed by atoms with Gasteiger partial charge in [0.05, 0.1) is 6.61 Å². The molecule has 0 aliphatic carbocycles. The summed E-state index contributed by atoms with van der Waals surface area (Å²) in [5, 5.41) is 7.55. The van der Waals surface area contributed by atoms with Crippen LogP contribution in [0, 0.1) is 0 Å². The van der Waals surface area contributed by atoms with Crippen LogP contribution in [0.1, 0.15) is 20.3 Å². The molecular formula is C10H18N4O2S. The van der Waals surface area contributed by atoms with Crippen LogP contribution in [0.2, 0.25) is 0 Å². The number of alkyl carbamates (subject to hydrolysis) is 1. The van der Waals surface area contributed by atoms with E-state index in [0.717, 1.165) is 18.8 Å². The van der Waals surface area contributed by atoms with E-state index in [1.807, 2.05) is 12.1 Å². The van der Waals surface area contributed by atoms with Gasteiger partial charge in [-0.1, -0.05) is 6.92 Å². The molecule has 0 unspecified atom stereocenters. The Labute approximate surface area is 106 Å². The molecule has 0 saturated carbocycles. The quantitative estimate of drug-likeness (QED) is 0.647. The Morgan fingerprint density at radius 1 is 1.59 bits per heavy atom. The highest BCUT2D eigenvalue weighted by atomic mass is 32.1. The van der Waals surface area contributed by atoms with Crippen molar-refractivity contribution in [3.05, 3.63) is 11.4 Å². The first-order chi connectivity index (χ1) is 8.06. The van der Waals surface area contributed by atoms with Crippen LogP contribution < -0.4 is 16.1 Å². The van der Waals surface area contributed by atoms with Crippen LogP contribution >= 0.6 is 12.2 Å². The molecular weight excluding hydrogens is 240 g/mol. The van der Waals surface area contributed by atoms with Gasteiger partial charge in [0.2, 0.25) is 0 Å². The summed E-state index contributed by atoms with van der Waals surface area (Å²) in [4.78, 5) is 11.1. The fourth-order valence-electron chi connectivity index (χ4n) is 1.48. The number of thiocarbonyl (C=S) groups is 1. The van der Waals surface area contributed by atoms with E-state index in [1.165, 1.54) is 5.57 Å². The molecule has 17 heavy (non-hydrogen) atoms. The van der Waals surface area contributed by atoms with Gasteiger partial charge in [-0.2, -0.15) is 0 Å². The first-order valence-electron chi connectivity index (χ1n) is 5.51. The fourth-order valence-corrected chi connectivity index (χ4v) is 1.67. The predicted molar refractivity (Wildman–Crippen MR) is 69.0 cm³/mol. The lowest BCUT2D eigenvalue weighted by atomic mass is 10.2. The summed E-state index contributed by atoms with van der Waals surface area (Å²) in [6, 6.07) is 0. The second kappa shape index (κ2) is 6.41. The SMILES string of the molecule is CCOC(=O)NC(=S)NC1=C(CC)CN(C)N1. The number of carbonyl (C=O) groups excluding carboxylic acids is 1. The minimum Gasteiger partial charge on any atom is -0.450 e. The molecule has 0 saturated heterocycles. The van der Waals surface area contributed by atoms with Gasteiger partial charge in [-0.15, -0.1) is 0 Å². The molecule has 0 aromatic carbocycles. The number of nitrogens with zero attached hydrogens (tertiary/aromatic N) is 1. The molecule has 0 radical (unpaired) electrons. The third-order valence-corrected chi connectivity index (χ3v) is 2.44. The van der Waals surface area contributed by atoms with E-state index in [0.29, 0.717) is 6.61 Å². The highest BCUT2D eigenvalue weighted by Crippen LogP contribution is 2.11. The minimum absolute atomic E-state index is 0.229. The molecule has 1 heterocycles. The van der Waals surface area contributed by atoms with Crippen molar-refractivity contribution < 1.29 is 9.53 Å². The van der Waals surface area contributed by atoms with E-state index >= 15 is 0 Å². The number of hydrogen-bond acceptors (Lipinski definition) is 5. The number of likely N-dealkylation sites (N-methyl/N-ethyl adjacent to an activating group) is 1. The summed E-state index contributed by atoms with van der Waals surface area (Å²) in [5.74, 6) is 0.830. The van der Waals surface area contributed by atoms with Crippen LogP contribution in [0.4, 0.5) is 4.79 Å². The number of ether oxygens (including phenoxy) is 1. The zero-order valence-corrected chi connectivity index (χ0v) is 11.1. The average Bonchev–Trinajstić information content (AvgIpc) is 2.58. The molecule has 0 atom stereocenters. The van der Waals surface area contributed by atoms with Gasteiger partial charge < -0.3 is 15.5 Å². The maximum absolute atomic E-state index is 11.1. The average molecular weight is 258 g/mol. The van der Waals surface area contributed by atoms with Gasteiger partial charge in [-0.25, -0.2) is 9.80 Å². The lowest BCUT2D eigenvalue weighted by Crippen LogP contribution is -2.43. The molecule has 1 aliphatic heterocycles. The Bertz CT molecular complexity index is 343. The largest absolute Gasteiger partial charge is 0.450 e. The lowest BCUT2D eigenvalue weighted by Gasteiger charge is -2.14. The van der Waals surface area contributed by atoms with Crippen LogP contribution in [0.5, 0.6) is 0 Å². The Morgan fingerprint density at radius 2 is 2.29 bits per heavy atom. The summed E-state index contributed by atoms with van der Waals surface area (Å²) in [5.41, 5.74) is 4.32. The first-order valence-corrected chi connectivity index (χ1v) is 5.92. The number of rotatable bonds is 3. The van der Waals surface area contributed by atoms with Crippen LogP contribution in [-0.4, -0.2) is 36.4 Å². The summed E-state index contributed by atoms with van der Waals surface area (Å²) in [6.45, 7) is 4.96. The Morgan fingerprint density at radius 3 is 2.88 bits per heavy atom. The fraction of sp³-hybridized carbons (Fsp3) is 0.600. The second-order valence-electron chi connectivity index (χ2n) is 3.60.